The van der Waals surface area contributed by atoms with E-state index in [4.69, 9.17) is 0 Å². The molecule has 4 heteroatoms. The summed E-state index contributed by atoms with van der Waals surface area (Å²) in [7, 11) is 0. The van der Waals surface area contributed by atoms with Crippen molar-refractivity contribution in [2.75, 3.05) is 5.32 Å². The van der Waals surface area contributed by atoms with Crippen LogP contribution in [-0.4, -0.2) is 5.91 Å². The Morgan fingerprint density at radius 3 is 2.30 bits per heavy atom. The highest BCUT2D eigenvalue weighted by Crippen LogP contribution is 2.27. The Kier molecular flexibility index (Phi) is 4.23. The molecule has 2 aromatic rings. The van der Waals surface area contributed by atoms with Crippen LogP contribution in [0.25, 0.3) is 0 Å². The molecule has 0 aliphatic carbocycles. The Morgan fingerprint density at radius 2 is 1.70 bits per heavy atom. The number of amides is 1. The second-order valence-corrected chi connectivity index (χ2v) is 5.92. The summed E-state index contributed by atoms with van der Waals surface area (Å²) in [6.45, 7) is 3.62. The average Bonchev–Trinajstić information content (AvgIpc) is 2.41. The number of hydrogen-bond acceptors (Lipinski definition) is 1. The second-order valence-electron chi connectivity index (χ2n) is 5.07. The highest BCUT2D eigenvalue weighted by atomic mass is 79.9. The fourth-order valence-electron chi connectivity index (χ4n) is 1.84. The third-order valence-corrected chi connectivity index (χ3v) is 3.95. The molecule has 0 saturated carbocycles. The summed E-state index contributed by atoms with van der Waals surface area (Å²) >= 11 is 3.39. The van der Waals surface area contributed by atoms with Gasteiger partial charge in [-0.05, 0) is 59.6 Å². The minimum absolute atomic E-state index is 0.143. The molecule has 1 N–H and O–H groups in total. The molecule has 0 radical (unpaired) electrons. The van der Waals surface area contributed by atoms with Crippen molar-refractivity contribution in [3.63, 3.8) is 0 Å². The van der Waals surface area contributed by atoms with Crippen molar-refractivity contribution >= 4 is 27.5 Å². The van der Waals surface area contributed by atoms with Crippen LogP contribution in [0, 0.1) is 5.82 Å². The average molecular weight is 336 g/mol. The first kappa shape index (κ1) is 14.7. The normalized spacial score (nSPS) is 11.2. The third kappa shape index (κ3) is 3.07. The van der Waals surface area contributed by atoms with Crippen LogP contribution >= 0.6 is 15.9 Å². The predicted molar refractivity (Wildman–Crippen MR) is 82.2 cm³/mol. The number of rotatable bonds is 3. The summed E-state index contributed by atoms with van der Waals surface area (Å²) in [5.41, 5.74) is 0.735. The van der Waals surface area contributed by atoms with Gasteiger partial charge in [0.25, 0.3) is 0 Å². The molecule has 2 rings (SSSR count). The zero-order valence-electron chi connectivity index (χ0n) is 11.3. The topological polar surface area (TPSA) is 29.1 Å². The number of para-hydroxylation sites is 1. The Balaban J connectivity index is 2.23. The molecule has 0 aliphatic rings. The lowest BCUT2D eigenvalue weighted by atomic mass is 9.83. The molecule has 2 aromatic carbocycles. The minimum atomic E-state index is -0.747. The van der Waals surface area contributed by atoms with Crippen molar-refractivity contribution in [2.45, 2.75) is 19.3 Å². The first-order valence-corrected chi connectivity index (χ1v) is 7.02. The van der Waals surface area contributed by atoms with Crippen LogP contribution in [0.4, 0.5) is 10.1 Å². The Hall–Kier alpha value is -1.68. The van der Waals surface area contributed by atoms with E-state index in [9.17, 15) is 9.18 Å². The van der Waals surface area contributed by atoms with E-state index in [1.807, 2.05) is 38.1 Å². The molecular weight excluding hydrogens is 321 g/mol. The van der Waals surface area contributed by atoms with Crippen molar-refractivity contribution in [1.29, 1.82) is 0 Å². The second kappa shape index (κ2) is 5.75. The van der Waals surface area contributed by atoms with Crippen molar-refractivity contribution in [1.82, 2.24) is 0 Å². The van der Waals surface area contributed by atoms with Gasteiger partial charge in [-0.25, -0.2) is 4.39 Å². The molecule has 20 heavy (non-hydrogen) atoms. The molecule has 0 saturated heterocycles. The molecule has 0 heterocycles. The molecule has 0 fully saturated rings. The first-order chi connectivity index (χ1) is 9.41. The van der Waals surface area contributed by atoms with Crippen LogP contribution in [-0.2, 0) is 10.2 Å². The van der Waals surface area contributed by atoms with Gasteiger partial charge in [-0.2, -0.15) is 0 Å². The Morgan fingerprint density at radius 1 is 1.10 bits per heavy atom. The van der Waals surface area contributed by atoms with Crippen LogP contribution in [0.3, 0.4) is 0 Å². The van der Waals surface area contributed by atoms with Crippen molar-refractivity contribution < 1.29 is 9.18 Å². The van der Waals surface area contributed by atoms with Gasteiger partial charge in [-0.3, -0.25) is 4.79 Å². The summed E-state index contributed by atoms with van der Waals surface area (Å²) < 4.78 is 13.8. The molecule has 0 unspecified atom stereocenters. The molecular formula is C16H15BrFNO. The summed E-state index contributed by atoms with van der Waals surface area (Å²) in [5.74, 6) is -0.452. The lowest BCUT2D eigenvalue weighted by Gasteiger charge is -2.24. The van der Waals surface area contributed by atoms with Crippen LogP contribution in [0.1, 0.15) is 19.4 Å². The van der Waals surface area contributed by atoms with Crippen LogP contribution in [0.15, 0.2) is 53.0 Å². The van der Waals surface area contributed by atoms with Crippen molar-refractivity contribution in [3.05, 3.63) is 64.4 Å². The molecule has 0 spiro atoms. The molecule has 0 aromatic heterocycles. The van der Waals surface area contributed by atoms with E-state index >= 15 is 0 Å². The van der Waals surface area contributed by atoms with E-state index in [0.29, 0.717) is 5.69 Å². The lowest BCUT2D eigenvalue weighted by Crippen LogP contribution is -2.34. The number of hydrogen-bond donors (Lipinski definition) is 1. The lowest BCUT2D eigenvalue weighted by molar-refractivity contribution is -0.120. The van der Waals surface area contributed by atoms with Gasteiger partial charge in [-0.15, -0.1) is 0 Å². The number of carbonyl (C=O) groups excluding carboxylic acids is 1. The monoisotopic (exact) mass is 335 g/mol. The molecule has 2 nitrogen and oxygen atoms in total. The largest absolute Gasteiger partial charge is 0.324 e. The SMILES string of the molecule is CC(C)(C(=O)Nc1ccccc1Br)c1ccc(F)cc1. The maximum atomic E-state index is 13.0. The fourth-order valence-corrected chi connectivity index (χ4v) is 2.22. The summed E-state index contributed by atoms with van der Waals surface area (Å²) in [4.78, 5) is 12.4. The minimum Gasteiger partial charge on any atom is -0.324 e. The quantitative estimate of drug-likeness (QED) is 0.878. The summed E-state index contributed by atoms with van der Waals surface area (Å²) in [6.07, 6.45) is 0. The van der Waals surface area contributed by atoms with Crippen LogP contribution in [0.5, 0.6) is 0 Å². The maximum absolute atomic E-state index is 13.0. The third-order valence-electron chi connectivity index (χ3n) is 3.26. The first-order valence-electron chi connectivity index (χ1n) is 6.23. The van der Waals surface area contributed by atoms with Crippen molar-refractivity contribution in [3.8, 4) is 0 Å². The zero-order chi connectivity index (χ0) is 14.8. The fraction of sp³-hybridized carbons (Fsp3) is 0.188. The number of halogens is 2. The molecule has 0 aliphatic heterocycles. The van der Waals surface area contributed by atoms with Gasteiger partial charge >= 0.3 is 0 Å². The van der Waals surface area contributed by atoms with E-state index < -0.39 is 5.41 Å². The van der Waals surface area contributed by atoms with Crippen LogP contribution < -0.4 is 5.32 Å². The summed E-state index contributed by atoms with van der Waals surface area (Å²) in [6, 6.07) is 13.4. The van der Waals surface area contributed by atoms with Crippen molar-refractivity contribution in [2.24, 2.45) is 0 Å². The van der Waals surface area contributed by atoms with E-state index in [1.54, 1.807) is 12.1 Å². The zero-order valence-corrected chi connectivity index (χ0v) is 12.9. The van der Waals surface area contributed by atoms with E-state index in [2.05, 4.69) is 21.2 Å². The Bertz CT molecular complexity index is 623. The van der Waals surface area contributed by atoms with Gasteiger partial charge in [0.1, 0.15) is 5.82 Å². The number of carbonyl (C=O) groups is 1. The highest BCUT2D eigenvalue weighted by Gasteiger charge is 2.30. The van der Waals surface area contributed by atoms with E-state index in [-0.39, 0.29) is 11.7 Å². The number of nitrogens with one attached hydrogen (secondary N) is 1. The van der Waals surface area contributed by atoms with Gasteiger partial charge < -0.3 is 5.32 Å². The maximum Gasteiger partial charge on any atom is 0.234 e. The number of anilines is 1. The molecule has 104 valence electrons. The Labute approximate surface area is 126 Å². The van der Waals surface area contributed by atoms with Gasteiger partial charge in [0, 0.05) is 4.47 Å². The molecule has 0 bridgehead atoms. The van der Waals surface area contributed by atoms with Gasteiger partial charge in [0.15, 0.2) is 0 Å². The highest BCUT2D eigenvalue weighted by molar-refractivity contribution is 9.10. The van der Waals surface area contributed by atoms with E-state index in [1.165, 1.54) is 12.1 Å². The van der Waals surface area contributed by atoms with Gasteiger partial charge in [0.2, 0.25) is 5.91 Å². The summed E-state index contributed by atoms with van der Waals surface area (Å²) in [5, 5.41) is 2.88. The van der Waals surface area contributed by atoms with Gasteiger partial charge in [-0.1, -0.05) is 24.3 Å². The standard InChI is InChI=1S/C16H15BrFNO/c1-16(2,11-7-9-12(18)10-8-11)15(20)19-14-6-4-3-5-13(14)17/h3-10H,1-2H3,(H,19,20). The predicted octanol–water partition coefficient (Wildman–Crippen LogP) is 4.50. The molecule has 1 amide bonds. The molecule has 0 atom stereocenters. The van der Waals surface area contributed by atoms with Crippen LogP contribution in [0.2, 0.25) is 0 Å². The van der Waals surface area contributed by atoms with E-state index in [0.717, 1.165) is 10.0 Å². The smallest absolute Gasteiger partial charge is 0.234 e. The van der Waals surface area contributed by atoms with Gasteiger partial charge in [0.05, 0.1) is 11.1 Å². The number of benzene rings is 2.